The number of aryl methyl sites for hydroxylation is 1. The number of rotatable bonds is 6. The first-order valence-corrected chi connectivity index (χ1v) is 6.00. The van der Waals surface area contributed by atoms with Crippen molar-refractivity contribution in [2.24, 2.45) is 0 Å². The van der Waals surface area contributed by atoms with Gasteiger partial charge in [0.05, 0.1) is 13.3 Å². The Morgan fingerprint density at radius 2 is 2.11 bits per heavy atom. The number of benzene rings is 1. The minimum atomic E-state index is -0.796. The van der Waals surface area contributed by atoms with Crippen LogP contribution < -0.4 is 4.74 Å². The van der Waals surface area contributed by atoms with Gasteiger partial charge >= 0.3 is 5.97 Å². The van der Waals surface area contributed by atoms with Crippen molar-refractivity contribution in [3.63, 3.8) is 0 Å². The van der Waals surface area contributed by atoms with E-state index in [1.54, 1.807) is 13.3 Å². The number of ether oxygens (including phenoxy) is 1. The van der Waals surface area contributed by atoms with Gasteiger partial charge in [-0.3, -0.25) is 4.79 Å². The van der Waals surface area contributed by atoms with Crippen LogP contribution >= 0.6 is 0 Å². The van der Waals surface area contributed by atoms with Gasteiger partial charge in [-0.2, -0.15) is 0 Å². The molecule has 0 bridgehead atoms. The van der Waals surface area contributed by atoms with Crippen LogP contribution in [0.2, 0.25) is 0 Å². The second kappa shape index (κ2) is 6.04. The fourth-order valence-corrected chi connectivity index (χ4v) is 1.70. The highest BCUT2D eigenvalue weighted by Crippen LogP contribution is 2.22. The van der Waals surface area contributed by atoms with E-state index in [-0.39, 0.29) is 6.42 Å². The molecule has 19 heavy (non-hydrogen) atoms. The predicted molar refractivity (Wildman–Crippen MR) is 69.1 cm³/mol. The molecule has 0 atom stereocenters. The largest absolute Gasteiger partial charge is 0.497 e. The number of carboxylic acids is 1. The quantitative estimate of drug-likeness (QED) is 0.865. The van der Waals surface area contributed by atoms with Gasteiger partial charge in [0.1, 0.15) is 11.5 Å². The van der Waals surface area contributed by atoms with Crippen molar-refractivity contribution < 1.29 is 19.1 Å². The fourth-order valence-electron chi connectivity index (χ4n) is 1.70. The first-order valence-electron chi connectivity index (χ1n) is 6.00. The molecule has 5 heteroatoms. The summed E-state index contributed by atoms with van der Waals surface area (Å²) in [6.45, 7) is 0. The van der Waals surface area contributed by atoms with Crippen LogP contribution in [0.15, 0.2) is 34.9 Å². The number of hydrogen-bond acceptors (Lipinski definition) is 4. The number of methoxy groups -OCH3 is 1. The minimum Gasteiger partial charge on any atom is -0.497 e. The van der Waals surface area contributed by atoms with Crippen LogP contribution in [-0.2, 0) is 11.2 Å². The maximum Gasteiger partial charge on any atom is 0.303 e. The van der Waals surface area contributed by atoms with E-state index in [0.717, 1.165) is 11.3 Å². The monoisotopic (exact) mass is 261 g/mol. The zero-order chi connectivity index (χ0) is 13.7. The summed E-state index contributed by atoms with van der Waals surface area (Å²) in [7, 11) is 1.61. The minimum absolute atomic E-state index is 0.137. The van der Waals surface area contributed by atoms with Crippen molar-refractivity contribution in [1.29, 1.82) is 0 Å². The molecule has 0 radical (unpaired) electrons. The smallest absolute Gasteiger partial charge is 0.303 e. The second-order valence-corrected chi connectivity index (χ2v) is 4.11. The van der Waals surface area contributed by atoms with Crippen LogP contribution in [-0.4, -0.2) is 23.2 Å². The third kappa shape index (κ3) is 3.58. The second-order valence-electron chi connectivity index (χ2n) is 4.11. The first kappa shape index (κ1) is 13.1. The molecule has 0 unspecified atom stereocenters. The van der Waals surface area contributed by atoms with Gasteiger partial charge in [-0.25, -0.2) is 4.98 Å². The van der Waals surface area contributed by atoms with Gasteiger partial charge in [0, 0.05) is 18.4 Å². The van der Waals surface area contributed by atoms with E-state index in [1.807, 2.05) is 24.3 Å². The van der Waals surface area contributed by atoms with Crippen LogP contribution in [0.4, 0.5) is 0 Å². The standard InChI is InChI=1S/C14H15NO4/c1-18-11-7-5-10(6-8-11)14-15-9-12(19-14)3-2-4-13(16)17/h5-9H,2-4H2,1H3,(H,16,17). The molecule has 2 rings (SSSR count). The molecule has 5 nitrogen and oxygen atoms in total. The van der Waals surface area contributed by atoms with E-state index in [9.17, 15) is 4.79 Å². The van der Waals surface area contributed by atoms with E-state index < -0.39 is 5.97 Å². The zero-order valence-corrected chi connectivity index (χ0v) is 10.6. The molecule has 0 aliphatic rings. The Morgan fingerprint density at radius 3 is 2.74 bits per heavy atom. The molecule has 0 spiro atoms. The molecule has 0 amide bonds. The molecule has 1 heterocycles. The number of aromatic nitrogens is 1. The molecule has 0 saturated heterocycles. The van der Waals surface area contributed by atoms with Crippen LogP contribution in [0.5, 0.6) is 5.75 Å². The van der Waals surface area contributed by atoms with E-state index in [1.165, 1.54) is 0 Å². The lowest BCUT2D eigenvalue weighted by atomic mass is 10.2. The summed E-state index contributed by atoms with van der Waals surface area (Å²) >= 11 is 0. The van der Waals surface area contributed by atoms with Crippen molar-refractivity contribution >= 4 is 5.97 Å². The molecule has 100 valence electrons. The topological polar surface area (TPSA) is 72.6 Å². The number of carbonyl (C=O) groups is 1. The normalized spacial score (nSPS) is 10.4. The highest BCUT2D eigenvalue weighted by Gasteiger charge is 2.07. The van der Waals surface area contributed by atoms with E-state index in [4.69, 9.17) is 14.3 Å². The average molecular weight is 261 g/mol. The summed E-state index contributed by atoms with van der Waals surface area (Å²) in [6.07, 6.45) is 2.90. The van der Waals surface area contributed by atoms with Crippen molar-refractivity contribution in [1.82, 2.24) is 4.98 Å². The zero-order valence-electron chi connectivity index (χ0n) is 10.6. The first-order chi connectivity index (χ1) is 9.19. The number of carboxylic acid groups (broad SMARTS) is 1. The summed E-state index contributed by atoms with van der Waals surface area (Å²) in [5, 5.41) is 8.57. The van der Waals surface area contributed by atoms with Crippen LogP contribution in [0.25, 0.3) is 11.5 Å². The lowest BCUT2D eigenvalue weighted by Gasteiger charge is -1.99. The lowest BCUT2D eigenvalue weighted by Crippen LogP contribution is -1.95. The SMILES string of the molecule is COc1ccc(-c2ncc(CCCC(=O)O)o2)cc1. The number of nitrogens with zero attached hydrogens (tertiary/aromatic N) is 1. The summed E-state index contributed by atoms with van der Waals surface area (Å²) in [4.78, 5) is 14.6. The Hall–Kier alpha value is -2.30. The van der Waals surface area contributed by atoms with Crippen molar-refractivity contribution in [3.8, 4) is 17.2 Å². The Balaban J connectivity index is 2.01. The number of oxazole rings is 1. The molecule has 2 aromatic rings. The third-order valence-corrected chi connectivity index (χ3v) is 2.70. The number of hydrogen-bond donors (Lipinski definition) is 1. The predicted octanol–water partition coefficient (Wildman–Crippen LogP) is 2.76. The van der Waals surface area contributed by atoms with Crippen molar-refractivity contribution in [2.75, 3.05) is 7.11 Å². The Kier molecular flexibility index (Phi) is 4.18. The summed E-state index contributed by atoms with van der Waals surface area (Å²) in [5.74, 6) is 1.21. The van der Waals surface area contributed by atoms with E-state index in [0.29, 0.717) is 24.5 Å². The van der Waals surface area contributed by atoms with E-state index >= 15 is 0 Å². The Bertz CT molecular complexity index is 545. The summed E-state index contributed by atoms with van der Waals surface area (Å²) in [6, 6.07) is 7.41. The highest BCUT2D eigenvalue weighted by molar-refractivity contribution is 5.66. The van der Waals surface area contributed by atoms with Gasteiger partial charge in [-0.15, -0.1) is 0 Å². The van der Waals surface area contributed by atoms with Gasteiger partial charge in [0.25, 0.3) is 0 Å². The van der Waals surface area contributed by atoms with Crippen LogP contribution in [0, 0.1) is 0 Å². The average Bonchev–Trinajstić information content (AvgIpc) is 2.87. The molecule has 0 saturated carbocycles. The Labute approximate surface area is 110 Å². The number of aliphatic carboxylic acids is 1. The van der Waals surface area contributed by atoms with Gasteiger partial charge < -0.3 is 14.3 Å². The summed E-state index contributed by atoms with van der Waals surface area (Å²) < 4.78 is 10.7. The fraction of sp³-hybridized carbons (Fsp3) is 0.286. The molecule has 1 aromatic heterocycles. The maximum absolute atomic E-state index is 10.4. The maximum atomic E-state index is 10.4. The molecule has 1 N–H and O–H groups in total. The molecule has 0 aliphatic carbocycles. The van der Waals surface area contributed by atoms with Crippen LogP contribution in [0.1, 0.15) is 18.6 Å². The van der Waals surface area contributed by atoms with Crippen LogP contribution in [0.3, 0.4) is 0 Å². The van der Waals surface area contributed by atoms with E-state index in [2.05, 4.69) is 4.98 Å². The van der Waals surface area contributed by atoms with Crippen molar-refractivity contribution in [3.05, 3.63) is 36.2 Å². The molecule has 0 fully saturated rings. The van der Waals surface area contributed by atoms with Crippen molar-refractivity contribution in [2.45, 2.75) is 19.3 Å². The molecular formula is C14H15NO4. The molecular weight excluding hydrogens is 246 g/mol. The third-order valence-electron chi connectivity index (χ3n) is 2.70. The van der Waals surface area contributed by atoms with Gasteiger partial charge in [-0.05, 0) is 30.7 Å². The van der Waals surface area contributed by atoms with Gasteiger partial charge in [-0.1, -0.05) is 0 Å². The van der Waals surface area contributed by atoms with Gasteiger partial charge in [0.2, 0.25) is 5.89 Å². The summed E-state index contributed by atoms with van der Waals surface area (Å²) in [5.41, 5.74) is 0.866. The molecule has 0 aliphatic heterocycles. The molecule has 1 aromatic carbocycles. The lowest BCUT2D eigenvalue weighted by molar-refractivity contribution is -0.137. The highest BCUT2D eigenvalue weighted by atomic mass is 16.5. The Morgan fingerprint density at radius 1 is 1.37 bits per heavy atom. The van der Waals surface area contributed by atoms with Gasteiger partial charge in [0.15, 0.2) is 0 Å².